The molecule has 13 rings (SSSR count). The molecule has 0 aliphatic heterocycles. The summed E-state index contributed by atoms with van der Waals surface area (Å²) < 4.78 is 11.1. The van der Waals surface area contributed by atoms with Gasteiger partial charge in [0, 0.05) is 55.1 Å². The minimum absolute atomic E-state index is 0.495. The quantitative estimate of drug-likeness (QED) is 0.160. The summed E-state index contributed by atoms with van der Waals surface area (Å²) in [6.07, 6.45) is 0. The lowest BCUT2D eigenvalue weighted by Gasteiger charge is -2.27. The highest BCUT2D eigenvalue weighted by Crippen LogP contribution is 2.50. The Morgan fingerprint density at radius 3 is 1.76 bits per heavy atom. The van der Waals surface area contributed by atoms with Gasteiger partial charge in [0.15, 0.2) is 5.82 Å². The maximum Gasteiger partial charge on any atom is 0.231 e. The molecule has 0 aliphatic carbocycles. The summed E-state index contributed by atoms with van der Waals surface area (Å²) >= 11 is 0. The van der Waals surface area contributed by atoms with Crippen LogP contribution in [-0.4, -0.2) is 19.1 Å². The Labute approximate surface area is 378 Å². The predicted octanol–water partition coefficient (Wildman–Crippen LogP) is 15.2. The molecule has 0 N–H and O–H groups in total. The Morgan fingerprint density at radius 1 is 0.470 bits per heavy atom. The highest BCUT2D eigenvalue weighted by molar-refractivity contribution is 6.29. The van der Waals surface area contributed by atoms with Crippen molar-refractivity contribution in [2.75, 3.05) is 4.90 Å². The topological polar surface area (TPSA) is 75.8 Å². The van der Waals surface area contributed by atoms with Gasteiger partial charge in [-0.05, 0) is 72.8 Å². The standard InChI is InChI=1S/C59H36N6O/c60-37-40-35-39(55-53-46-29-15-18-32-52(46)66-59(53)62-58(61-55)38-19-5-1-6-20-38)33-34-48(40)65-50-31-17-14-28-45(50)54-56-47(44-27-13-16-30-49(44)64(56)43-25-11-4-12-26-43)36-51(57(54)65)63(41-21-7-2-8-22-41)42-23-9-3-10-24-42/h1-36H. The maximum absolute atomic E-state index is 11.4. The van der Waals surface area contributed by atoms with Crippen LogP contribution in [0.1, 0.15) is 5.56 Å². The Bertz CT molecular complexity index is 4010. The molecule has 0 saturated heterocycles. The first-order valence-electron chi connectivity index (χ1n) is 22.0. The van der Waals surface area contributed by atoms with E-state index in [1.54, 1.807) is 0 Å². The minimum atomic E-state index is 0.495. The van der Waals surface area contributed by atoms with Crippen molar-refractivity contribution in [1.82, 2.24) is 19.1 Å². The number of nitrogens with zero attached hydrogens (tertiary/aromatic N) is 6. The van der Waals surface area contributed by atoms with Crippen LogP contribution in [-0.2, 0) is 0 Å². The van der Waals surface area contributed by atoms with Crippen molar-refractivity contribution >= 4 is 82.7 Å². The lowest BCUT2D eigenvalue weighted by molar-refractivity contribution is 0.653. The SMILES string of the molecule is N#Cc1cc(-c2nc(-c3ccccc3)nc3oc4ccccc4c23)ccc1-n1c2ccccc2c2c1c(N(c1ccccc1)c1ccccc1)cc1c3ccccc3n(-c3ccccc3)c12. The third-order valence-electron chi connectivity index (χ3n) is 12.7. The number of fused-ring (bicyclic) bond motifs is 10. The fourth-order valence-corrected chi connectivity index (χ4v) is 9.95. The van der Waals surface area contributed by atoms with Crippen molar-refractivity contribution in [2.24, 2.45) is 0 Å². The molecule has 9 aromatic carbocycles. The molecule has 0 fully saturated rings. The van der Waals surface area contributed by atoms with E-state index < -0.39 is 0 Å². The van der Waals surface area contributed by atoms with E-state index in [4.69, 9.17) is 14.4 Å². The number of benzene rings is 9. The molecule has 0 bridgehead atoms. The van der Waals surface area contributed by atoms with Crippen LogP contribution in [0, 0.1) is 11.3 Å². The van der Waals surface area contributed by atoms with Crippen LogP contribution in [0.5, 0.6) is 0 Å². The number of para-hydroxylation sites is 6. The zero-order chi connectivity index (χ0) is 43.7. The van der Waals surface area contributed by atoms with E-state index in [9.17, 15) is 5.26 Å². The predicted molar refractivity (Wildman–Crippen MR) is 268 cm³/mol. The smallest absolute Gasteiger partial charge is 0.231 e. The number of furan rings is 1. The van der Waals surface area contributed by atoms with Gasteiger partial charge in [-0.2, -0.15) is 10.2 Å². The van der Waals surface area contributed by atoms with Crippen molar-refractivity contribution in [3.63, 3.8) is 0 Å². The monoisotopic (exact) mass is 844 g/mol. The first-order valence-corrected chi connectivity index (χ1v) is 22.0. The Morgan fingerprint density at radius 2 is 1.06 bits per heavy atom. The van der Waals surface area contributed by atoms with Gasteiger partial charge >= 0.3 is 0 Å². The van der Waals surface area contributed by atoms with Crippen molar-refractivity contribution in [1.29, 1.82) is 5.26 Å². The molecule has 7 heteroatoms. The van der Waals surface area contributed by atoms with Crippen LogP contribution < -0.4 is 4.90 Å². The Kier molecular flexibility index (Phi) is 8.45. The first kappa shape index (κ1) is 37.3. The molecule has 0 unspecified atom stereocenters. The van der Waals surface area contributed by atoms with Gasteiger partial charge in [0.05, 0.1) is 50.1 Å². The number of rotatable bonds is 7. The fourth-order valence-electron chi connectivity index (χ4n) is 9.95. The summed E-state index contributed by atoms with van der Waals surface area (Å²) in [4.78, 5) is 12.5. The van der Waals surface area contributed by atoms with Crippen LogP contribution in [0.3, 0.4) is 0 Å². The van der Waals surface area contributed by atoms with Crippen LogP contribution in [0.4, 0.5) is 17.1 Å². The molecule has 66 heavy (non-hydrogen) atoms. The molecule has 7 nitrogen and oxygen atoms in total. The van der Waals surface area contributed by atoms with E-state index >= 15 is 0 Å². The summed E-state index contributed by atoms with van der Waals surface area (Å²) in [5.74, 6) is 0.548. The molecular formula is C59H36N6O. The van der Waals surface area contributed by atoms with Gasteiger partial charge in [-0.3, -0.25) is 0 Å². The number of hydrogen-bond donors (Lipinski definition) is 0. The summed E-state index contributed by atoms with van der Waals surface area (Å²) in [5, 5.41) is 17.5. The highest BCUT2D eigenvalue weighted by atomic mass is 16.3. The van der Waals surface area contributed by atoms with Crippen molar-refractivity contribution in [3.8, 4) is 40.1 Å². The first-order chi connectivity index (χ1) is 32.7. The second kappa shape index (κ2) is 14.9. The lowest BCUT2D eigenvalue weighted by atomic mass is 10.0. The third kappa shape index (κ3) is 5.69. The van der Waals surface area contributed by atoms with E-state index in [1.807, 2.05) is 60.7 Å². The van der Waals surface area contributed by atoms with Crippen molar-refractivity contribution in [2.45, 2.75) is 0 Å². The summed E-state index contributed by atoms with van der Waals surface area (Å²) in [6, 6.07) is 77.9. The van der Waals surface area contributed by atoms with Gasteiger partial charge in [0.2, 0.25) is 5.71 Å². The average Bonchev–Trinajstić information content (AvgIpc) is 4.05. The van der Waals surface area contributed by atoms with E-state index in [2.05, 4.69) is 178 Å². The van der Waals surface area contributed by atoms with Gasteiger partial charge in [-0.15, -0.1) is 0 Å². The van der Waals surface area contributed by atoms with Crippen LogP contribution in [0.2, 0.25) is 0 Å². The molecule has 0 radical (unpaired) electrons. The van der Waals surface area contributed by atoms with Gasteiger partial charge in [-0.1, -0.05) is 146 Å². The fraction of sp³-hybridized carbons (Fsp3) is 0. The number of hydrogen-bond acceptors (Lipinski definition) is 5. The molecule has 4 heterocycles. The molecule has 13 aromatic rings. The van der Waals surface area contributed by atoms with Gasteiger partial charge < -0.3 is 18.5 Å². The molecule has 308 valence electrons. The third-order valence-corrected chi connectivity index (χ3v) is 12.7. The van der Waals surface area contributed by atoms with E-state index in [-0.39, 0.29) is 0 Å². The normalized spacial score (nSPS) is 11.6. The summed E-state index contributed by atoms with van der Waals surface area (Å²) in [6.45, 7) is 0. The van der Waals surface area contributed by atoms with E-state index in [0.717, 1.165) is 99.5 Å². The minimum Gasteiger partial charge on any atom is -0.438 e. The van der Waals surface area contributed by atoms with Crippen LogP contribution >= 0.6 is 0 Å². The second-order valence-electron chi connectivity index (χ2n) is 16.4. The summed E-state index contributed by atoms with van der Waals surface area (Å²) in [5.41, 5.74) is 13.0. The van der Waals surface area contributed by atoms with Gasteiger partial charge in [0.25, 0.3) is 0 Å². The number of nitriles is 1. The van der Waals surface area contributed by atoms with Gasteiger partial charge in [0.1, 0.15) is 11.7 Å². The molecule has 4 aromatic heterocycles. The Balaban J connectivity index is 1.17. The number of aromatic nitrogens is 4. The zero-order valence-electron chi connectivity index (χ0n) is 35.4. The largest absolute Gasteiger partial charge is 0.438 e. The molecule has 0 aliphatic rings. The van der Waals surface area contributed by atoms with E-state index in [1.165, 1.54) is 0 Å². The highest BCUT2D eigenvalue weighted by Gasteiger charge is 2.28. The van der Waals surface area contributed by atoms with Crippen LogP contribution in [0.25, 0.3) is 99.7 Å². The molecule has 0 saturated carbocycles. The lowest BCUT2D eigenvalue weighted by Crippen LogP contribution is -2.12. The Hall–Kier alpha value is -9.25. The number of anilines is 3. The average molecular weight is 845 g/mol. The maximum atomic E-state index is 11.4. The van der Waals surface area contributed by atoms with Crippen molar-refractivity contribution in [3.05, 3.63) is 224 Å². The van der Waals surface area contributed by atoms with Gasteiger partial charge in [-0.25, -0.2) is 4.98 Å². The van der Waals surface area contributed by atoms with E-state index in [0.29, 0.717) is 22.8 Å². The van der Waals surface area contributed by atoms with Crippen LogP contribution in [0.15, 0.2) is 223 Å². The molecule has 0 amide bonds. The molecule has 0 atom stereocenters. The zero-order valence-corrected chi connectivity index (χ0v) is 35.4. The van der Waals surface area contributed by atoms with Crippen molar-refractivity contribution < 1.29 is 4.42 Å². The summed E-state index contributed by atoms with van der Waals surface area (Å²) in [7, 11) is 0. The second-order valence-corrected chi connectivity index (χ2v) is 16.4. The molecule has 0 spiro atoms. The molecular weight excluding hydrogens is 809 g/mol.